The Labute approximate surface area is 136 Å². The zero-order valence-electron chi connectivity index (χ0n) is 12.5. The average Bonchev–Trinajstić information content (AvgIpc) is 2.82. The van der Waals surface area contributed by atoms with Crippen molar-refractivity contribution >= 4 is 17.6 Å². The van der Waals surface area contributed by atoms with Crippen molar-refractivity contribution in [2.24, 2.45) is 0 Å². The van der Waals surface area contributed by atoms with Crippen molar-refractivity contribution in [3.8, 4) is 11.5 Å². The minimum Gasteiger partial charge on any atom is -0.424 e. The third-order valence-corrected chi connectivity index (χ3v) is 3.49. The molecule has 9 heteroatoms. The van der Waals surface area contributed by atoms with Crippen LogP contribution < -0.4 is 14.8 Å². The van der Waals surface area contributed by atoms with Gasteiger partial charge >= 0.3 is 18.1 Å². The van der Waals surface area contributed by atoms with Crippen LogP contribution in [-0.4, -0.2) is 36.6 Å². The van der Waals surface area contributed by atoms with Crippen molar-refractivity contribution in [3.05, 3.63) is 23.2 Å². The molecule has 0 bridgehead atoms. The average molecular weight is 353 g/mol. The summed E-state index contributed by atoms with van der Waals surface area (Å²) in [6.07, 6.45) is -3.51. The van der Waals surface area contributed by atoms with E-state index in [1.165, 1.54) is 25.2 Å². The Morgan fingerprint density at radius 1 is 1.35 bits per heavy atom. The van der Waals surface area contributed by atoms with E-state index in [0.717, 1.165) is 11.3 Å². The molecule has 0 spiro atoms. The fourth-order valence-electron chi connectivity index (χ4n) is 1.95. The van der Waals surface area contributed by atoms with Crippen LogP contribution >= 0.6 is 11.6 Å². The summed E-state index contributed by atoms with van der Waals surface area (Å²) in [5.41, 5.74) is 0. The third kappa shape index (κ3) is 3.57. The zero-order chi connectivity index (χ0) is 17.3. The number of unbranched alkanes of at least 4 members (excludes halogenated alkanes) is 1. The summed E-state index contributed by atoms with van der Waals surface area (Å²) in [5, 5.41) is 1.97. The Morgan fingerprint density at radius 3 is 2.61 bits per heavy atom. The standard InChI is InChI=1S/C14H16ClF3N2O3/c1-3-4-7-20(2)12(21)19-14(13(16,17)18)22-10-6-5-9(15)8-11(10)23-14/h5-6,8H,3-4,7H2,1-2H3,(H,19,21)/t14-/m1/s1. The predicted molar refractivity (Wildman–Crippen MR) is 77.6 cm³/mol. The van der Waals surface area contributed by atoms with Gasteiger partial charge in [0, 0.05) is 24.7 Å². The van der Waals surface area contributed by atoms with E-state index in [1.807, 2.05) is 6.92 Å². The number of fused-ring (bicyclic) bond motifs is 1. The van der Waals surface area contributed by atoms with E-state index < -0.39 is 18.1 Å². The molecule has 1 N–H and O–H groups in total. The number of nitrogens with zero attached hydrogens (tertiary/aromatic N) is 1. The minimum absolute atomic E-state index is 0.150. The van der Waals surface area contributed by atoms with E-state index in [2.05, 4.69) is 0 Å². The van der Waals surface area contributed by atoms with Crippen LogP contribution in [-0.2, 0) is 0 Å². The molecule has 1 aromatic rings. The Bertz CT molecular complexity index is 597. The molecule has 1 aliphatic heterocycles. The number of hydrogen-bond acceptors (Lipinski definition) is 3. The third-order valence-electron chi connectivity index (χ3n) is 3.25. The molecular weight excluding hydrogens is 337 g/mol. The number of carbonyl (C=O) groups is 1. The lowest BCUT2D eigenvalue weighted by Gasteiger charge is -2.31. The fourth-order valence-corrected chi connectivity index (χ4v) is 2.11. The number of urea groups is 1. The second kappa shape index (κ2) is 6.35. The predicted octanol–water partition coefficient (Wildman–Crippen LogP) is 3.77. The molecule has 0 radical (unpaired) electrons. The van der Waals surface area contributed by atoms with Gasteiger partial charge in [0.2, 0.25) is 0 Å². The molecule has 2 rings (SSSR count). The molecular formula is C14H16ClF3N2O3. The number of halogens is 4. The lowest BCUT2D eigenvalue weighted by Crippen LogP contribution is -2.66. The van der Waals surface area contributed by atoms with Crippen LogP contribution in [0, 0.1) is 0 Å². The molecule has 1 heterocycles. The van der Waals surface area contributed by atoms with Gasteiger partial charge in [-0.25, -0.2) is 4.79 Å². The lowest BCUT2D eigenvalue weighted by atomic mass is 10.3. The molecule has 128 valence electrons. The first-order chi connectivity index (χ1) is 10.7. The smallest absolute Gasteiger partial charge is 0.424 e. The van der Waals surface area contributed by atoms with E-state index in [0.29, 0.717) is 13.0 Å². The molecule has 2 amide bonds. The molecule has 0 aliphatic carbocycles. The molecule has 0 unspecified atom stereocenters. The molecule has 0 fully saturated rings. The van der Waals surface area contributed by atoms with Crippen LogP contribution in [0.25, 0.3) is 0 Å². The van der Waals surface area contributed by atoms with Crippen LogP contribution in [0.4, 0.5) is 18.0 Å². The van der Waals surface area contributed by atoms with E-state index in [1.54, 1.807) is 5.32 Å². The molecule has 1 atom stereocenters. The van der Waals surface area contributed by atoms with E-state index in [4.69, 9.17) is 21.1 Å². The van der Waals surface area contributed by atoms with Crippen LogP contribution in [0.15, 0.2) is 18.2 Å². The number of rotatable bonds is 4. The van der Waals surface area contributed by atoms with Gasteiger partial charge in [0.25, 0.3) is 0 Å². The summed E-state index contributed by atoms with van der Waals surface area (Å²) in [4.78, 5) is 13.1. The topological polar surface area (TPSA) is 50.8 Å². The van der Waals surface area contributed by atoms with Crippen molar-refractivity contribution in [1.29, 1.82) is 0 Å². The van der Waals surface area contributed by atoms with E-state index >= 15 is 0 Å². The number of ether oxygens (including phenoxy) is 2. The number of alkyl halides is 3. The van der Waals surface area contributed by atoms with E-state index in [9.17, 15) is 18.0 Å². The van der Waals surface area contributed by atoms with Crippen molar-refractivity contribution in [2.75, 3.05) is 13.6 Å². The normalized spacial score (nSPS) is 19.6. The monoisotopic (exact) mass is 352 g/mol. The number of benzene rings is 1. The molecule has 0 saturated heterocycles. The SMILES string of the molecule is CCCCN(C)C(=O)N[C@]1(C(F)(F)F)Oc2ccc(Cl)cc2O1. The molecule has 0 saturated carbocycles. The highest BCUT2D eigenvalue weighted by Gasteiger charge is 2.66. The van der Waals surface area contributed by atoms with Gasteiger partial charge in [-0.3, -0.25) is 5.32 Å². The Morgan fingerprint density at radius 2 is 2.00 bits per heavy atom. The van der Waals surface area contributed by atoms with Gasteiger partial charge in [-0.15, -0.1) is 0 Å². The van der Waals surface area contributed by atoms with Gasteiger partial charge < -0.3 is 14.4 Å². The van der Waals surface area contributed by atoms with Gasteiger partial charge in [0.1, 0.15) is 0 Å². The maximum Gasteiger partial charge on any atom is 0.492 e. The Balaban J connectivity index is 2.22. The largest absolute Gasteiger partial charge is 0.492 e. The second-order valence-corrected chi connectivity index (χ2v) is 5.55. The van der Waals surface area contributed by atoms with Crippen molar-refractivity contribution < 1.29 is 27.4 Å². The van der Waals surface area contributed by atoms with Crippen molar-refractivity contribution in [2.45, 2.75) is 31.9 Å². The minimum atomic E-state index is -4.99. The maximum absolute atomic E-state index is 13.4. The van der Waals surface area contributed by atoms with Crippen LogP contribution in [0.5, 0.6) is 11.5 Å². The molecule has 1 aromatic carbocycles. The molecule has 1 aliphatic rings. The van der Waals surface area contributed by atoms with Crippen LogP contribution in [0.3, 0.4) is 0 Å². The quantitative estimate of drug-likeness (QED) is 0.897. The van der Waals surface area contributed by atoms with Gasteiger partial charge in [0.05, 0.1) is 0 Å². The van der Waals surface area contributed by atoms with Crippen molar-refractivity contribution in [1.82, 2.24) is 10.2 Å². The summed E-state index contributed by atoms with van der Waals surface area (Å²) in [6, 6.07) is 2.86. The zero-order valence-corrected chi connectivity index (χ0v) is 13.3. The maximum atomic E-state index is 13.4. The summed E-state index contributed by atoms with van der Waals surface area (Å²) in [5.74, 6) is -3.60. The van der Waals surface area contributed by atoms with Crippen molar-refractivity contribution in [3.63, 3.8) is 0 Å². The highest BCUT2D eigenvalue weighted by atomic mass is 35.5. The fraction of sp³-hybridized carbons (Fsp3) is 0.500. The van der Waals surface area contributed by atoms with E-state index in [-0.39, 0.29) is 16.5 Å². The highest BCUT2D eigenvalue weighted by Crippen LogP contribution is 2.46. The molecule has 5 nitrogen and oxygen atoms in total. The summed E-state index contributed by atoms with van der Waals surface area (Å²) < 4.78 is 50.1. The number of nitrogens with one attached hydrogen (secondary N) is 1. The van der Waals surface area contributed by atoms with Gasteiger partial charge in [-0.1, -0.05) is 24.9 Å². The first kappa shape index (κ1) is 17.5. The first-order valence-electron chi connectivity index (χ1n) is 6.96. The summed E-state index contributed by atoms with van der Waals surface area (Å²) >= 11 is 5.73. The van der Waals surface area contributed by atoms with Gasteiger partial charge in [0.15, 0.2) is 11.5 Å². The molecule has 23 heavy (non-hydrogen) atoms. The lowest BCUT2D eigenvalue weighted by molar-refractivity contribution is -0.318. The van der Waals surface area contributed by atoms with Gasteiger partial charge in [-0.05, 0) is 18.6 Å². The number of carbonyl (C=O) groups excluding carboxylic acids is 1. The Hall–Kier alpha value is -1.83. The number of amides is 2. The highest BCUT2D eigenvalue weighted by molar-refractivity contribution is 6.30. The molecule has 0 aromatic heterocycles. The van der Waals surface area contributed by atoms with Crippen LogP contribution in [0.2, 0.25) is 5.02 Å². The summed E-state index contributed by atoms with van der Waals surface area (Å²) in [7, 11) is 1.40. The van der Waals surface area contributed by atoms with Crippen LogP contribution in [0.1, 0.15) is 19.8 Å². The first-order valence-corrected chi connectivity index (χ1v) is 7.34. The second-order valence-electron chi connectivity index (χ2n) is 5.11. The van der Waals surface area contributed by atoms with Gasteiger partial charge in [-0.2, -0.15) is 13.2 Å². The Kier molecular flexibility index (Phi) is 4.84. The summed E-state index contributed by atoms with van der Waals surface area (Å²) in [6.45, 7) is 2.22. The number of hydrogen-bond donors (Lipinski definition) is 1.